The van der Waals surface area contributed by atoms with Crippen LogP contribution >= 0.6 is 0 Å². The zero-order valence-electron chi connectivity index (χ0n) is 13.6. The Labute approximate surface area is 144 Å². The molecule has 2 heterocycles. The average molecular weight is 344 g/mol. The second-order valence-corrected chi connectivity index (χ2v) is 6.04. The summed E-state index contributed by atoms with van der Waals surface area (Å²) in [5, 5.41) is 2.84. The van der Waals surface area contributed by atoms with Gasteiger partial charge in [-0.25, -0.2) is 4.39 Å². The zero-order chi connectivity index (χ0) is 17.4. The molecule has 25 heavy (non-hydrogen) atoms. The maximum Gasteiger partial charge on any atom is 0.243 e. The standard InChI is InChI=1S/C18H17FN2O4/c1-11-8-21(14-4-2-12(19)6-16(14)25-11)9-18(22)20-13-3-5-15-17(7-13)24-10-23-15/h2-7,11H,8-10H2,1H3,(H,20,22)/t11-/m1/s1. The van der Waals surface area contributed by atoms with Crippen molar-refractivity contribution < 1.29 is 23.4 Å². The van der Waals surface area contributed by atoms with E-state index in [1.807, 2.05) is 11.8 Å². The van der Waals surface area contributed by atoms with Gasteiger partial charge in [0.05, 0.1) is 18.8 Å². The van der Waals surface area contributed by atoms with E-state index < -0.39 is 0 Å². The summed E-state index contributed by atoms with van der Waals surface area (Å²) in [6, 6.07) is 9.58. The van der Waals surface area contributed by atoms with E-state index in [0.29, 0.717) is 35.2 Å². The third-order valence-corrected chi connectivity index (χ3v) is 4.06. The van der Waals surface area contributed by atoms with Crippen LogP contribution < -0.4 is 24.4 Å². The molecule has 1 atom stereocenters. The number of halogens is 1. The molecule has 2 aliphatic rings. The van der Waals surface area contributed by atoms with Gasteiger partial charge in [-0.15, -0.1) is 0 Å². The van der Waals surface area contributed by atoms with E-state index in [-0.39, 0.29) is 31.2 Å². The minimum atomic E-state index is -0.363. The summed E-state index contributed by atoms with van der Waals surface area (Å²) in [5.74, 6) is 1.19. The topological polar surface area (TPSA) is 60.0 Å². The molecule has 6 nitrogen and oxygen atoms in total. The second-order valence-electron chi connectivity index (χ2n) is 6.04. The average Bonchev–Trinajstić information content (AvgIpc) is 3.01. The van der Waals surface area contributed by atoms with Crippen molar-refractivity contribution in [1.29, 1.82) is 0 Å². The molecular weight excluding hydrogens is 327 g/mol. The number of carbonyl (C=O) groups is 1. The van der Waals surface area contributed by atoms with Crippen molar-refractivity contribution in [2.45, 2.75) is 13.0 Å². The number of nitrogens with zero attached hydrogens (tertiary/aromatic N) is 1. The van der Waals surface area contributed by atoms with E-state index in [9.17, 15) is 9.18 Å². The number of ether oxygens (including phenoxy) is 3. The molecule has 130 valence electrons. The first-order valence-electron chi connectivity index (χ1n) is 7.99. The summed E-state index contributed by atoms with van der Waals surface area (Å²) in [6.45, 7) is 2.76. The fourth-order valence-corrected chi connectivity index (χ4v) is 3.00. The Bertz CT molecular complexity index is 827. The third kappa shape index (κ3) is 3.17. The van der Waals surface area contributed by atoms with Crippen molar-refractivity contribution in [2.75, 3.05) is 30.1 Å². The van der Waals surface area contributed by atoms with Gasteiger partial charge in [0.1, 0.15) is 17.7 Å². The molecule has 0 aliphatic carbocycles. The lowest BCUT2D eigenvalue weighted by Gasteiger charge is -2.34. The maximum atomic E-state index is 13.4. The molecule has 2 aromatic carbocycles. The number of amides is 1. The van der Waals surface area contributed by atoms with Crippen LogP contribution in [0.25, 0.3) is 0 Å². The van der Waals surface area contributed by atoms with Crippen molar-refractivity contribution in [3.8, 4) is 17.2 Å². The zero-order valence-corrected chi connectivity index (χ0v) is 13.6. The molecule has 0 radical (unpaired) electrons. The van der Waals surface area contributed by atoms with Gasteiger partial charge in [-0.05, 0) is 31.2 Å². The number of fused-ring (bicyclic) bond motifs is 2. The van der Waals surface area contributed by atoms with Gasteiger partial charge in [0.2, 0.25) is 12.7 Å². The van der Waals surface area contributed by atoms with Gasteiger partial charge < -0.3 is 24.4 Å². The van der Waals surface area contributed by atoms with Gasteiger partial charge in [-0.3, -0.25) is 4.79 Å². The monoisotopic (exact) mass is 344 g/mol. The van der Waals surface area contributed by atoms with Crippen molar-refractivity contribution in [1.82, 2.24) is 0 Å². The molecule has 0 unspecified atom stereocenters. The van der Waals surface area contributed by atoms with E-state index in [1.165, 1.54) is 12.1 Å². The lowest BCUT2D eigenvalue weighted by Crippen LogP contribution is -2.42. The lowest BCUT2D eigenvalue weighted by molar-refractivity contribution is -0.115. The molecule has 1 N–H and O–H groups in total. The number of nitrogens with one attached hydrogen (secondary N) is 1. The number of carbonyl (C=O) groups excluding carboxylic acids is 1. The van der Waals surface area contributed by atoms with Crippen LogP contribution in [0.1, 0.15) is 6.92 Å². The molecule has 7 heteroatoms. The fourth-order valence-electron chi connectivity index (χ4n) is 3.00. The predicted molar refractivity (Wildman–Crippen MR) is 89.9 cm³/mol. The summed E-state index contributed by atoms with van der Waals surface area (Å²) < 4.78 is 29.6. The van der Waals surface area contributed by atoms with Crippen LogP contribution in [0.15, 0.2) is 36.4 Å². The van der Waals surface area contributed by atoms with Gasteiger partial charge in [-0.1, -0.05) is 0 Å². The Morgan fingerprint density at radius 2 is 2.04 bits per heavy atom. The Morgan fingerprint density at radius 1 is 1.20 bits per heavy atom. The molecule has 0 bridgehead atoms. The van der Waals surface area contributed by atoms with Gasteiger partial charge >= 0.3 is 0 Å². The first-order valence-corrected chi connectivity index (χ1v) is 7.99. The molecule has 1 amide bonds. The SMILES string of the molecule is C[C@@H]1CN(CC(=O)Nc2ccc3c(c2)OCO3)c2ccc(F)cc2O1. The van der Waals surface area contributed by atoms with Crippen LogP contribution in [0.4, 0.5) is 15.8 Å². The predicted octanol–water partition coefficient (Wildman–Crippen LogP) is 2.78. The summed E-state index contributed by atoms with van der Waals surface area (Å²) in [4.78, 5) is 14.3. The molecular formula is C18H17FN2O4. The third-order valence-electron chi connectivity index (χ3n) is 4.06. The largest absolute Gasteiger partial charge is 0.487 e. The van der Waals surface area contributed by atoms with E-state index in [2.05, 4.69) is 5.32 Å². The van der Waals surface area contributed by atoms with Gasteiger partial charge in [-0.2, -0.15) is 0 Å². The van der Waals surface area contributed by atoms with Crippen LogP contribution in [0, 0.1) is 5.82 Å². The molecule has 0 saturated carbocycles. The Balaban J connectivity index is 1.48. The minimum Gasteiger partial charge on any atom is -0.487 e. The summed E-state index contributed by atoms with van der Waals surface area (Å²) in [5.41, 5.74) is 1.34. The van der Waals surface area contributed by atoms with Crippen LogP contribution in [0.2, 0.25) is 0 Å². The van der Waals surface area contributed by atoms with Crippen LogP contribution in [0.3, 0.4) is 0 Å². The van der Waals surface area contributed by atoms with E-state index in [0.717, 1.165) is 0 Å². The van der Waals surface area contributed by atoms with Crippen molar-refractivity contribution in [3.05, 3.63) is 42.2 Å². The molecule has 2 aliphatic heterocycles. The highest BCUT2D eigenvalue weighted by Crippen LogP contribution is 2.35. The molecule has 4 rings (SSSR count). The van der Waals surface area contributed by atoms with Crippen LogP contribution in [-0.2, 0) is 4.79 Å². The molecule has 2 aromatic rings. The van der Waals surface area contributed by atoms with E-state index in [4.69, 9.17) is 14.2 Å². The normalized spacial score (nSPS) is 17.7. The molecule has 0 aromatic heterocycles. The van der Waals surface area contributed by atoms with Crippen molar-refractivity contribution in [3.63, 3.8) is 0 Å². The maximum absolute atomic E-state index is 13.4. The number of benzene rings is 2. The number of rotatable bonds is 3. The Kier molecular flexibility index (Phi) is 3.83. The highest BCUT2D eigenvalue weighted by Gasteiger charge is 2.25. The highest BCUT2D eigenvalue weighted by molar-refractivity contribution is 5.94. The smallest absolute Gasteiger partial charge is 0.243 e. The number of hydrogen-bond acceptors (Lipinski definition) is 5. The first kappa shape index (κ1) is 15.6. The van der Waals surface area contributed by atoms with Crippen LogP contribution in [0.5, 0.6) is 17.2 Å². The van der Waals surface area contributed by atoms with Crippen LogP contribution in [-0.4, -0.2) is 31.9 Å². The van der Waals surface area contributed by atoms with Crippen molar-refractivity contribution in [2.24, 2.45) is 0 Å². The quantitative estimate of drug-likeness (QED) is 0.928. The molecule has 0 fully saturated rings. The molecule has 0 saturated heterocycles. The van der Waals surface area contributed by atoms with Gasteiger partial charge in [0.15, 0.2) is 11.5 Å². The van der Waals surface area contributed by atoms with E-state index >= 15 is 0 Å². The Morgan fingerprint density at radius 3 is 2.92 bits per heavy atom. The van der Waals surface area contributed by atoms with Gasteiger partial charge in [0.25, 0.3) is 0 Å². The Hall–Kier alpha value is -2.96. The summed E-state index contributed by atoms with van der Waals surface area (Å²) in [7, 11) is 0. The lowest BCUT2D eigenvalue weighted by atomic mass is 10.2. The van der Waals surface area contributed by atoms with Gasteiger partial charge in [0, 0.05) is 17.8 Å². The fraction of sp³-hybridized carbons (Fsp3) is 0.278. The van der Waals surface area contributed by atoms with E-state index in [1.54, 1.807) is 24.3 Å². The summed E-state index contributed by atoms with van der Waals surface area (Å²) in [6.07, 6.45) is -0.132. The highest BCUT2D eigenvalue weighted by atomic mass is 19.1. The first-order chi connectivity index (χ1) is 12.1. The summed E-state index contributed by atoms with van der Waals surface area (Å²) >= 11 is 0. The van der Waals surface area contributed by atoms with Crippen molar-refractivity contribution >= 4 is 17.3 Å². The minimum absolute atomic E-state index is 0.132. The second kappa shape index (κ2) is 6.16. The molecule has 0 spiro atoms. The number of hydrogen-bond donors (Lipinski definition) is 1. The number of anilines is 2.